The summed E-state index contributed by atoms with van der Waals surface area (Å²) >= 11 is 0. The first-order chi connectivity index (χ1) is 14.9. The maximum atomic E-state index is 12.8. The Labute approximate surface area is 180 Å². The lowest BCUT2D eigenvalue weighted by Crippen LogP contribution is -2.48. The molecule has 2 aromatic rings. The number of anilines is 2. The van der Waals surface area contributed by atoms with Gasteiger partial charge in [0.2, 0.25) is 15.9 Å². The molecule has 31 heavy (non-hydrogen) atoms. The second-order valence-electron chi connectivity index (χ2n) is 7.23. The van der Waals surface area contributed by atoms with E-state index in [0.29, 0.717) is 43.4 Å². The number of rotatable bonds is 4. The molecule has 0 saturated carbocycles. The van der Waals surface area contributed by atoms with Crippen molar-refractivity contribution in [2.24, 2.45) is 0 Å². The van der Waals surface area contributed by atoms with Crippen LogP contribution < -0.4 is 15.0 Å². The van der Waals surface area contributed by atoms with Crippen LogP contribution in [0.25, 0.3) is 0 Å². The summed E-state index contributed by atoms with van der Waals surface area (Å²) in [6.45, 7) is 2.89. The van der Waals surface area contributed by atoms with E-state index in [1.807, 2.05) is 0 Å². The number of nitrogens with zero attached hydrogens (tertiary/aromatic N) is 2. The minimum Gasteiger partial charge on any atom is -0.476 e. The van der Waals surface area contributed by atoms with Crippen molar-refractivity contribution in [1.29, 1.82) is 0 Å². The molecule has 2 aromatic carbocycles. The highest BCUT2D eigenvalue weighted by atomic mass is 32.2. The maximum Gasteiger partial charge on any atom is 0.267 e. The third-order valence-electron chi connectivity index (χ3n) is 5.18. The summed E-state index contributed by atoms with van der Waals surface area (Å²) in [4.78, 5) is 26.4. The van der Waals surface area contributed by atoms with Crippen LogP contribution in [-0.2, 0) is 24.3 Å². The minimum absolute atomic E-state index is 0.0850. The zero-order valence-corrected chi connectivity index (χ0v) is 17.8. The number of hydrogen-bond donors (Lipinski definition) is 1. The third-order valence-corrected chi connectivity index (χ3v) is 7.09. The molecule has 2 aliphatic heterocycles. The molecule has 4 rings (SSSR count). The molecule has 9 nitrogen and oxygen atoms in total. The van der Waals surface area contributed by atoms with Gasteiger partial charge in [0.1, 0.15) is 5.75 Å². The second kappa shape index (κ2) is 8.66. The van der Waals surface area contributed by atoms with Gasteiger partial charge in [-0.25, -0.2) is 8.42 Å². The molecule has 0 spiro atoms. The van der Waals surface area contributed by atoms with Crippen LogP contribution in [0.2, 0.25) is 0 Å². The van der Waals surface area contributed by atoms with Crippen LogP contribution >= 0.6 is 0 Å². The molecule has 164 valence electrons. The fourth-order valence-electron chi connectivity index (χ4n) is 3.54. The van der Waals surface area contributed by atoms with Crippen molar-refractivity contribution in [3.8, 4) is 5.75 Å². The zero-order chi connectivity index (χ0) is 22.0. The Hall–Kier alpha value is -2.95. The number of ether oxygens (including phenoxy) is 2. The summed E-state index contributed by atoms with van der Waals surface area (Å²) in [5.74, 6) is -0.160. The first kappa shape index (κ1) is 21.3. The van der Waals surface area contributed by atoms with Crippen molar-refractivity contribution in [2.45, 2.75) is 17.9 Å². The molecule has 0 unspecified atom stereocenters. The Morgan fingerprint density at radius 1 is 1.03 bits per heavy atom. The van der Waals surface area contributed by atoms with Crippen molar-refractivity contribution in [1.82, 2.24) is 4.31 Å². The fourth-order valence-corrected chi connectivity index (χ4v) is 4.95. The van der Waals surface area contributed by atoms with Gasteiger partial charge in [-0.15, -0.1) is 0 Å². The average Bonchev–Trinajstić information content (AvgIpc) is 2.79. The van der Waals surface area contributed by atoms with E-state index in [1.54, 1.807) is 24.3 Å². The van der Waals surface area contributed by atoms with Crippen molar-refractivity contribution in [3.05, 3.63) is 48.5 Å². The van der Waals surface area contributed by atoms with Gasteiger partial charge in [-0.2, -0.15) is 4.31 Å². The number of carbonyl (C=O) groups is 2. The largest absolute Gasteiger partial charge is 0.476 e. The molecule has 2 heterocycles. The molecule has 1 N–H and O–H groups in total. The summed E-state index contributed by atoms with van der Waals surface area (Å²) in [6, 6.07) is 13.0. The highest BCUT2D eigenvalue weighted by molar-refractivity contribution is 7.89. The van der Waals surface area contributed by atoms with Crippen LogP contribution in [0.1, 0.15) is 6.92 Å². The van der Waals surface area contributed by atoms with E-state index in [4.69, 9.17) is 9.47 Å². The molecule has 1 atom stereocenters. The summed E-state index contributed by atoms with van der Waals surface area (Å²) < 4.78 is 37.8. The standard InChI is InChI=1S/C21H23N3O6S/c1-15(25)24-14-20(30-19-5-3-2-4-18(19)24)21(26)22-16-6-8-17(9-7-16)31(27,28)23-10-12-29-13-11-23/h2-9,20H,10-14H2,1H3,(H,22,26)/t20-/m0/s1. The van der Waals surface area contributed by atoms with Gasteiger partial charge in [-0.05, 0) is 36.4 Å². The van der Waals surface area contributed by atoms with Gasteiger partial charge in [-0.3, -0.25) is 9.59 Å². The zero-order valence-electron chi connectivity index (χ0n) is 17.0. The number of carbonyl (C=O) groups excluding carboxylic acids is 2. The molecule has 2 aliphatic rings. The summed E-state index contributed by atoms with van der Waals surface area (Å²) in [5, 5.41) is 2.73. The van der Waals surface area contributed by atoms with Crippen LogP contribution in [0.4, 0.5) is 11.4 Å². The molecule has 2 amide bonds. The Kier molecular flexibility index (Phi) is 5.94. The van der Waals surface area contributed by atoms with E-state index in [-0.39, 0.29) is 17.3 Å². The number of morpholine rings is 1. The molecule has 10 heteroatoms. The first-order valence-corrected chi connectivity index (χ1v) is 11.3. The number of para-hydroxylation sites is 2. The topological polar surface area (TPSA) is 105 Å². The Balaban J connectivity index is 1.46. The van der Waals surface area contributed by atoms with E-state index in [9.17, 15) is 18.0 Å². The molecule has 1 fully saturated rings. The number of benzene rings is 2. The van der Waals surface area contributed by atoms with Crippen molar-refractivity contribution in [2.75, 3.05) is 43.1 Å². The lowest BCUT2D eigenvalue weighted by molar-refractivity contribution is -0.123. The molecule has 0 radical (unpaired) electrons. The lowest BCUT2D eigenvalue weighted by atomic mass is 10.1. The SMILES string of the molecule is CC(=O)N1C[C@@H](C(=O)Nc2ccc(S(=O)(=O)N3CCOCC3)cc2)Oc2ccccc21. The van der Waals surface area contributed by atoms with Crippen LogP contribution in [-0.4, -0.2) is 63.5 Å². The van der Waals surface area contributed by atoms with Gasteiger partial charge in [0.05, 0.1) is 30.3 Å². The monoisotopic (exact) mass is 445 g/mol. The van der Waals surface area contributed by atoms with E-state index in [0.717, 1.165) is 0 Å². The Morgan fingerprint density at radius 3 is 2.39 bits per heavy atom. The Morgan fingerprint density at radius 2 is 1.71 bits per heavy atom. The van der Waals surface area contributed by atoms with E-state index in [1.165, 1.54) is 40.4 Å². The maximum absolute atomic E-state index is 12.8. The molecular formula is C21H23N3O6S. The third kappa shape index (κ3) is 4.41. The van der Waals surface area contributed by atoms with Gasteiger partial charge in [-0.1, -0.05) is 12.1 Å². The van der Waals surface area contributed by atoms with Gasteiger partial charge < -0.3 is 19.7 Å². The molecule has 0 bridgehead atoms. The van der Waals surface area contributed by atoms with Gasteiger partial charge >= 0.3 is 0 Å². The predicted octanol–water partition coefficient (Wildman–Crippen LogP) is 1.46. The van der Waals surface area contributed by atoms with Crippen molar-refractivity contribution in [3.63, 3.8) is 0 Å². The van der Waals surface area contributed by atoms with Crippen LogP contribution in [0, 0.1) is 0 Å². The highest BCUT2D eigenvalue weighted by Crippen LogP contribution is 2.33. The minimum atomic E-state index is -3.61. The molecule has 0 aromatic heterocycles. The average molecular weight is 445 g/mol. The summed E-state index contributed by atoms with van der Waals surface area (Å²) in [7, 11) is -3.61. The summed E-state index contributed by atoms with van der Waals surface area (Å²) in [5.41, 5.74) is 1.06. The Bertz CT molecular complexity index is 1080. The quantitative estimate of drug-likeness (QED) is 0.764. The smallest absolute Gasteiger partial charge is 0.267 e. The summed E-state index contributed by atoms with van der Waals surface area (Å²) in [6.07, 6.45) is -0.893. The molecule has 1 saturated heterocycles. The predicted molar refractivity (Wildman–Crippen MR) is 114 cm³/mol. The van der Waals surface area contributed by atoms with Crippen molar-refractivity contribution < 1.29 is 27.5 Å². The normalized spacial score (nSPS) is 19.3. The number of amides is 2. The number of fused-ring (bicyclic) bond motifs is 1. The van der Waals surface area contributed by atoms with Crippen LogP contribution in [0.5, 0.6) is 5.75 Å². The van der Waals surface area contributed by atoms with Gasteiger partial charge in [0.25, 0.3) is 5.91 Å². The molecular weight excluding hydrogens is 422 g/mol. The van der Waals surface area contributed by atoms with Gasteiger partial charge in [0.15, 0.2) is 6.10 Å². The highest BCUT2D eigenvalue weighted by Gasteiger charge is 2.32. The first-order valence-electron chi connectivity index (χ1n) is 9.89. The van der Waals surface area contributed by atoms with Crippen molar-refractivity contribution >= 4 is 33.2 Å². The van der Waals surface area contributed by atoms with Crippen LogP contribution in [0.3, 0.4) is 0 Å². The molecule has 0 aliphatic carbocycles. The van der Waals surface area contributed by atoms with Gasteiger partial charge in [0, 0.05) is 25.7 Å². The number of hydrogen-bond acceptors (Lipinski definition) is 6. The van der Waals surface area contributed by atoms with E-state index >= 15 is 0 Å². The number of nitrogens with one attached hydrogen (secondary N) is 1. The van der Waals surface area contributed by atoms with E-state index < -0.39 is 22.0 Å². The number of sulfonamides is 1. The second-order valence-corrected chi connectivity index (χ2v) is 9.17. The lowest BCUT2D eigenvalue weighted by Gasteiger charge is -2.33. The van der Waals surface area contributed by atoms with Crippen LogP contribution in [0.15, 0.2) is 53.4 Å². The van der Waals surface area contributed by atoms with E-state index in [2.05, 4.69) is 5.32 Å². The fraction of sp³-hybridized carbons (Fsp3) is 0.333.